The third-order valence-corrected chi connectivity index (χ3v) is 5.40. The maximum atomic E-state index is 12.7. The van der Waals surface area contributed by atoms with E-state index in [1.807, 2.05) is 6.92 Å². The summed E-state index contributed by atoms with van der Waals surface area (Å²) in [6.07, 6.45) is 3.21. The van der Waals surface area contributed by atoms with Gasteiger partial charge in [-0.15, -0.1) is 0 Å². The Morgan fingerprint density at radius 2 is 2.11 bits per heavy atom. The van der Waals surface area contributed by atoms with Crippen LogP contribution in [0.4, 0.5) is 0 Å². The van der Waals surface area contributed by atoms with Gasteiger partial charge in [-0.3, -0.25) is 14.6 Å². The highest BCUT2D eigenvalue weighted by Gasteiger charge is 2.45. The topological polar surface area (TPSA) is 79.7 Å². The summed E-state index contributed by atoms with van der Waals surface area (Å²) in [7, 11) is 1.53. The van der Waals surface area contributed by atoms with Gasteiger partial charge in [0.15, 0.2) is 0 Å². The summed E-state index contributed by atoms with van der Waals surface area (Å²) in [6.45, 7) is 2.40. The first-order valence-electron chi connectivity index (χ1n) is 8.39. The molecule has 1 aromatic carbocycles. The molecular formula is C20H19BrN2O4. The lowest BCUT2D eigenvalue weighted by Crippen LogP contribution is -2.32. The fourth-order valence-corrected chi connectivity index (χ4v) is 3.38. The highest BCUT2D eigenvalue weighted by atomic mass is 79.9. The molecule has 1 unspecified atom stereocenters. The van der Waals surface area contributed by atoms with Crippen LogP contribution in [0, 0.1) is 6.92 Å². The Bertz CT molecular complexity index is 911. The number of rotatable bonds is 5. The average Bonchev–Trinajstić information content (AvgIpc) is 2.93. The van der Waals surface area contributed by atoms with Crippen LogP contribution in [0.5, 0.6) is 0 Å². The van der Waals surface area contributed by atoms with Crippen molar-refractivity contribution in [1.29, 1.82) is 0 Å². The number of ketones is 1. The van der Waals surface area contributed by atoms with Crippen LogP contribution in [0.15, 0.2) is 52.8 Å². The molecule has 0 bridgehead atoms. The van der Waals surface area contributed by atoms with Crippen molar-refractivity contribution in [2.45, 2.75) is 13.0 Å². The smallest absolute Gasteiger partial charge is 0.295 e. The molecule has 1 amide bonds. The number of Topliss-reactive ketones (excluding diaryl/α,β-unsaturated/α-hetero) is 1. The van der Waals surface area contributed by atoms with Crippen LogP contribution in [-0.4, -0.2) is 46.9 Å². The van der Waals surface area contributed by atoms with Crippen molar-refractivity contribution >= 4 is 33.4 Å². The Morgan fingerprint density at radius 1 is 1.33 bits per heavy atom. The van der Waals surface area contributed by atoms with Gasteiger partial charge in [-0.1, -0.05) is 28.1 Å². The van der Waals surface area contributed by atoms with Crippen LogP contribution < -0.4 is 0 Å². The van der Waals surface area contributed by atoms with Crippen LogP contribution in [0.2, 0.25) is 0 Å². The Kier molecular flexibility index (Phi) is 5.72. The number of aliphatic hydroxyl groups is 1. The minimum Gasteiger partial charge on any atom is -0.507 e. The molecule has 1 fully saturated rings. The van der Waals surface area contributed by atoms with E-state index in [0.29, 0.717) is 11.1 Å². The maximum absolute atomic E-state index is 12.7. The van der Waals surface area contributed by atoms with E-state index in [-0.39, 0.29) is 24.5 Å². The minimum atomic E-state index is -0.710. The Morgan fingerprint density at radius 3 is 2.74 bits per heavy atom. The van der Waals surface area contributed by atoms with Gasteiger partial charge in [-0.2, -0.15) is 0 Å². The van der Waals surface area contributed by atoms with Crippen LogP contribution in [0.3, 0.4) is 0 Å². The maximum Gasteiger partial charge on any atom is 0.295 e. The first-order chi connectivity index (χ1) is 13.0. The van der Waals surface area contributed by atoms with E-state index in [2.05, 4.69) is 20.9 Å². The largest absolute Gasteiger partial charge is 0.507 e. The van der Waals surface area contributed by atoms with Crippen molar-refractivity contribution in [1.82, 2.24) is 9.88 Å². The second-order valence-corrected chi connectivity index (χ2v) is 7.09. The Balaban J connectivity index is 2.16. The highest BCUT2D eigenvalue weighted by molar-refractivity contribution is 9.10. The molecule has 1 N–H and O–H groups in total. The summed E-state index contributed by atoms with van der Waals surface area (Å²) in [4.78, 5) is 30.9. The van der Waals surface area contributed by atoms with Gasteiger partial charge in [0.1, 0.15) is 5.76 Å². The van der Waals surface area contributed by atoms with Crippen LogP contribution in [-0.2, 0) is 14.3 Å². The average molecular weight is 431 g/mol. The Labute approximate surface area is 165 Å². The number of hydrogen-bond donors (Lipinski definition) is 1. The third-order valence-electron chi connectivity index (χ3n) is 4.51. The predicted molar refractivity (Wildman–Crippen MR) is 104 cm³/mol. The van der Waals surface area contributed by atoms with Crippen LogP contribution >= 0.6 is 15.9 Å². The molecule has 140 valence electrons. The molecule has 0 aliphatic carbocycles. The van der Waals surface area contributed by atoms with Crippen molar-refractivity contribution < 1.29 is 19.4 Å². The molecule has 0 saturated carbocycles. The van der Waals surface area contributed by atoms with Gasteiger partial charge < -0.3 is 14.7 Å². The summed E-state index contributed by atoms with van der Waals surface area (Å²) in [6, 6.07) is 8.07. The number of amides is 1. The Hall–Kier alpha value is -2.51. The van der Waals surface area contributed by atoms with Gasteiger partial charge in [0.2, 0.25) is 0 Å². The summed E-state index contributed by atoms with van der Waals surface area (Å²) >= 11 is 3.42. The number of carbonyl (C=O) groups is 2. The fraction of sp³-hybridized carbons (Fsp3) is 0.250. The molecule has 1 aliphatic rings. The molecule has 2 heterocycles. The van der Waals surface area contributed by atoms with E-state index >= 15 is 0 Å². The van der Waals surface area contributed by atoms with Gasteiger partial charge in [-0.25, -0.2) is 0 Å². The second-order valence-electron chi connectivity index (χ2n) is 6.24. The summed E-state index contributed by atoms with van der Waals surface area (Å²) in [5.41, 5.74) is 2.11. The molecule has 1 aliphatic heterocycles. The molecule has 3 rings (SSSR count). The first kappa shape index (κ1) is 19.3. The minimum absolute atomic E-state index is 0.0609. The normalized spacial score (nSPS) is 18.9. The highest BCUT2D eigenvalue weighted by Crippen LogP contribution is 2.39. The number of hydrogen-bond acceptors (Lipinski definition) is 5. The van der Waals surface area contributed by atoms with Crippen molar-refractivity contribution in [3.8, 4) is 0 Å². The lowest BCUT2D eigenvalue weighted by molar-refractivity contribution is -0.140. The molecule has 7 heteroatoms. The van der Waals surface area contributed by atoms with Crippen LogP contribution in [0.1, 0.15) is 22.7 Å². The lowest BCUT2D eigenvalue weighted by Gasteiger charge is -2.24. The fourth-order valence-electron chi connectivity index (χ4n) is 3.13. The van der Waals surface area contributed by atoms with Gasteiger partial charge in [-0.05, 0) is 36.2 Å². The number of aryl methyl sites for hydroxylation is 1. The molecule has 1 aromatic heterocycles. The van der Waals surface area contributed by atoms with E-state index < -0.39 is 17.7 Å². The zero-order chi connectivity index (χ0) is 19.6. The van der Waals surface area contributed by atoms with Gasteiger partial charge in [0.25, 0.3) is 11.7 Å². The van der Waals surface area contributed by atoms with Crippen molar-refractivity contribution in [3.63, 3.8) is 0 Å². The monoisotopic (exact) mass is 430 g/mol. The number of halogens is 1. The molecule has 1 atom stereocenters. The molecule has 0 radical (unpaired) electrons. The number of ether oxygens (including phenoxy) is 1. The summed E-state index contributed by atoms with van der Waals surface area (Å²) in [5.74, 6) is -1.56. The molecular weight excluding hydrogens is 412 g/mol. The molecule has 1 saturated heterocycles. The quantitative estimate of drug-likeness (QED) is 0.447. The summed E-state index contributed by atoms with van der Waals surface area (Å²) < 4.78 is 5.97. The van der Waals surface area contributed by atoms with Gasteiger partial charge >= 0.3 is 0 Å². The van der Waals surface area contributed by atoms with E-state index in [9.17, 15) is 14.7 Å². The van der Waals surface area contributed by atoms with Crippen molar-refractivity contribution in [2.75, 3.05) is 20.3 Å². The molecule has 6 nitrogen and oxygen atoms in total. The van der Waals surface area contributed by atoms with E-state index in [1.54, 1.807) is 42.7 Å². The first-order valence-corrected chi connectivity index (χ1v) is 9.18. The number of methoxy groups -OCH3 is 1. The molecule has 2 aromatic rings. The predicted octanol–water partition coefficient (Wildman–Crippen LogP) is 3.22. The van der Waals surface area contributed by atoms with Crippen molar-refractivity contribution in [2.24, 2.45) is 0 Å². The van der Waals surface area contributed by atoms with Gasteiger partial charge in [0.05, 0.1) is 18.2 Å². The number of aliphatic hydroxyl groups excluding tert-OH is 1. The molecule has 27 heavy (non-hydrogen) atoms. The molecule has 0 spiro atoms. The number of pyridine rings is 1. The standard InChI is InChI=1S/C20H19BrN2O4/c1-12-10-13(5-6-15(12)21)18(24)16-17(14-4-3-7-22-11-14)23(8-9-27-2)20(26)19(16)25/h3-7,10-11,17,24H,8-9H2,1-2H3/b18-16-. The van der Waals surface area contributed by atoms with E-state index in [4.69, 9.17) is 4.74 Å². The van der Waals surface area contributed by atoms with E-state index in [0.717, 1.165) is 10.0 Å². The van der Waals surface area contributed by atoms with E-state index in [1.165, 1.54) is 12.0 Å². The second kappa shape index (κ2) is 8.02. The SMILES string of the molecule is COCCN1C(=O)C(=O)/C(=C(\O)c2ccc(Br)c(C)c2)C1c1cccnc1. The van der Waals surface area contributed by atoms with Crippen LogP contribution in [0.25, 0.3) is 5.76 Å². The number of likely N-dealkylation sites (tertiary alicyclic amines) is 1. The number of benzene rings is 1. The number of nitrogens with zero attached hydrogens (tertiary/aromatic N) is 2. The number of carbonyl (C=O) groups excluding carboxylic acids is 2. The third kappa shape index (κ3) is 3.65. The summed E-state index contributed by atoms with van der Waals surface area (Å²) in [5, 5.41) is 10.9. The lowest BCUT2D eigenvalue weighted by atomic mass is 9.96. The van der Waals surface area contributed by atoms with Gasteiger partial charge in [0, 0.05) is 36.1 Å². The zero-order valence-electron chi connectivity index (χ0n) is 15.0. The number of aromatic nitrogens is 1. The zero-order valence-corrected chi connectivity index (χ0v) is 16.6. The van der Waals surface area contributed by atoms with Crippen molar-refractivity contribution in [3.05, 3.63) is 69.5 Å².